The lowest BCUT2D eigenvalue weighted by Gasteiger charge is -2.31. The van der Waals surface area contributed by atoms with Gasteiger partial charge < -0.3 is 0 Å². The van der Waals surface area contributed by atoms with Crippen molar-refractivity contribution in [2.75, 3.05) is 19.6 Å². The standard InChI is InChI=1S/C10H24N3/c1-2-3-4-5-8-13(12-11)9-6-7-10-13/h12H,2-11H2,1H3/q+1. The van der Waals surface area contributed by atoms with E-state index >= 15 is 0 Å². The zero-order valence-electron chi connectivity index (χ0n) is 8.89. The van der Waals surface area contributed by atoms with E-state index in [1.165, 1.54) is 58.2 Å². The van der Waals surface area contributed by atoms with Crippen LogP contribution in [0.25, 0.3) is 0 Å². The van der Waals surface area contributed by atoms with E-state index in [0.29, 0.717) is 0 Å². The summed E-state index contributed by atoms with van der Waals surface area (Å²) in [7, 11) is 0. The van der Waals surface area contributed by atoms with E-state index in [0.717, 1.165) is 4.59 Å². The zero-order chi connectivity index (χ0) is 9.57. The number of hydrazine groups is 1. The van der Waals surface area contributed by atoms with Crippen LogP contribution >= 0.6 is 0 Å². The first-order valence-corrected chi connectivity index (χ1v) is 5.67. The van der Waals surface area contributed by atoms with Gasteiger partial charge >= 0.3 is 0 Å². The van der Waals surface area contributed by atoms with Crippen molar-refractivity contribution in [3.05, 3.63) is 0 Å². The third kappa shape index (κ3) is 3.25. The molecule has 1 fully saturated rings. The predicted octanol–water partition coefficient (Wildman–Crippen LogP) is 1.56. The summed E-state index contributed by atoms with van der Waals surface area (Å²) in [4.78, 5) is 0. The highest BCUT2D eigenvalue weighted by Gasteiger charge is 2.30. The monoisotopic (exact) mass is 186 g/mol. The molecule has 78 valence electrons. The minimum atomic E-state index is 0.962. The van der Waals surface area contributed by atoms with Crippen molar-refractivity contribution < 1.29 is 4.59 Å². The summed E-state index contributed by atoms with van der Waals surface area (Å²) >= 11 is 0. The highest BCUT2D eigenvalue weighted by atomic mass is 15.8. The molecule has 13 heavy (non-hydrogen) atoms. The molecule has 0 atom stereocenters. The summed E-state index contributed by atoms with van der Waals surface area (Å²) in [5, 5.41) is 0. The Hall–Kier alpha value is -0.120. The predicted molar refractivity (Wildman–Crippen MR) is 55.6 cm³/mol. The summed E-state index contributed by atoms with van der Waals surface area (Å²) in [5.74, 6) is 5.61. The van der Waals surface area contributed by atoms with Gasteiger partial charge in [0.1, 0.15) is 0 Å². The highest BCUT2D eigenvalue weighted by Crippen LogP contribution is 2.16. The van der Waals surface area contributed by atoms with Gasteiger partial charge in [0.15, 0.2) is 0 Å². The van der Waals surface area contributed by atoms with Crippen LogP contribution in [0.1, 0.15) is 45.4 Å². The van der Waals surface area contributed by atoms with Gasteiger partial charge in [-0.3, -0.25) is 0 Å². The number of hydrogen-bond acceptors (Lipinski definition) is 2. The largest absolute Gasteiger partial charge is 0.232 e. The number of nitrogens with two attached hydrogens (primary N) is 1. The lowest BCUT2D eigenvalue weighted by Crippen LogP contribution is -2.59. The zero-order valence-corrected chi connectivity index (χ0v) is 8.89. The Morgan fingerprint density at radius 3 is 2.38 bits per heavy atom. The molecule has 0 aliphatic carbocycles. The van der Waals surface area contributed by atoms with Crippen molar-refractivity contribution in [2.24, 2.45) is 5.84 Å². The quantitative estimate of drug-likeness (QED) is 0.286. The van der Waals surface area contributed by atoms with Crippen molar-refractivity contribution in [1.29, 1.82) is 0 Å². The van der Waals surface area contributed by atoms with Gasteiger partial charge in [-0.25, -0.2) is 10.4 Å². The van der Waals surface area contributed by atoms with Gasteiger partial charge in [0.2, 0.25) is 0 Å². The SMILES string of the molecule is CCCCCC[N+]1(NN)CCCC1. The smallest absolute Gasteiger partial charge is 0.0976 e. The second-order valence-corrected chi connectivity index (χ2v) is 4.21. The summed E-state index contributed by atoms with van der Waals surface area (Å²) in [6, 6.07) is 0. The lowest BCUT2D eigenvalue weighted by molar-refractivity contribution is -0.960. The number of nitrogens with one attached hydrogen (secondary N) is 1. The summed E-state index contributed by atoms with van der Waals surface area (Å²) in [6.45, 7) is 5.92. The average molecular weight is 186 g/mol. The van der Waals surface area contributed by atoms with E-state index in [4.69, 9.17) is 5.84 Å². The molecule has 0 saturated carbocycles. The molecule has 3 heteroatoms. The van der Waals surface area contributed by atoms with Gasteiger partial charge in [0.25, 0.3) is 0 Å². The number of hydrogen-bond donors (Lipinski definition) is 2. The molecule has 3 N–H and O–H groups in total. The van der Waals surface area contributed by atoms with Crippen LogP contribution in [0.2, 0.25) is 0 Å². The third-order valence-electron chi connectivity index (χ3n) is 3.14. The molecule has 0 amide bonds. The molecule has 1 aliphatic heterocycles. The van der Waals surface area contributed by atoms with Crippen LogP contribution in [0.3, 0.4) is 0 Å². The number of likely N-dealkylation sites (tertiary alicyclic amines) is 1. The van der Waals surface area contributed by atoms with Crippen molar-refractivity contribution >= 4 is 0 Å². The molecule has 0 aromatic heterocycles. The maximum atomic E-state index is 5.61. The summed E-state index contributed by atoms with van der Waals surface area (Å²) in [6.07, 6.45) is 8.02. The Morgan fingerprint density at radius 2 is 1.85 bits per heavy atom. The first kappa shape index (κ1) is 11.0. The Labute approximate surface area is 81.8 Å². The lowest BCUT2D eigenvalue weighted by atomic mass is 10.2. The molecule has 0 unspecified atom stereocenters. The number of rotatable bonds is 6. The van der Waals surface area contributed by atoms with Crippen LogP contribution in [0.4, 0.5) is 0 Å². The van der Waals surface area contributed by atoms with Gasteiger partial charge in [-0.05, 0) is 12.8 Å². The Bertz CT molecular complexity index is 130. The molecule has 3 nitrogen and oxygen atoms in total. The van der Waals surface area contributed by atoms with Crippen LogP contribution in [-0.2, 0) is 0 Å². The molecule has 1 aliphatic rings. The van der Waals surface area contributed by atoms with E-state index in [9.17, 15) is 0 Å². The van der Waals surface area contributed by atoms with Gasteiger partial charge in [-0.2, -0.15) is 0 Å². The maximum Gasteiger partial charge on any atom is 0.0976 e. The third-order valence-corrected chi connectivity index (χ3v) is 3.14. The average Bonchev–Trinajstić information content (AvgIpc) is 2.62. The van der Waals surface area contributed by atoms with Gasteiger partial charge in [0.05, 0.1) is 19.6 Å². The minimum Gasteiger partial charge on any atom is -0.232 e. The Kier molecular flexibility index (Phi) is 4.70. The molecule has 1 saturated heterocycles. The van der Waals surface area contributed by atoms with E-state index in [-0.39, 0.29) is 0 Å². The minimum absolute atomic E-state index is 0.962. The molecule has 0 aromatic carbocycles. The van der Waals surface area contributed by atoms with Crippen LogP contribution in [-0.4, -0.2) is 24.2 Å². The second-order valence-electron chi connectivity index (χ2n) is 4.21. The fourth-order valence-corrected chi connectivity index (χ4v) is 2.20. The van der Waals surface area contributed by atoms with E-state index in [2.05, 4.69) is 12.5 Å². The van der Waals surface area contributed by atoms with Crippen LogP contribution < -0.4 is 11.4 Å². The van der Waals surface area contributed by atoms with Crippen LogP contribution in [0.5, 0.6) is 0 Å². The Morgan fingerprint density at radius 1 is 1.15 bits per heavy atom. The van der Waals surface area contributed by atoms with Gasteiger partial charge in [-0.1, -0.05) is 19.8 Å². The van der Waals surface area contributed by atoms with E-state index in [1.807, 2.05) is 0 Å². The van der Waals surface area contributed by atoms with Crippen LogP contribution in [0, 0.1) is 0 Å². The van der Waals surface area contributed by atoms with E-state index < -0.39 is 0 Å². The second kappa shape index (κ2) is 5.58. The molecule has 1 rings (SSSR count). The number of unbranched alkanes of at least 4 members (excludes halogenated alkanes) is 3. The van der Waals surface area contributed by atoms with Crippen molar-refractivity contribution in [2.45, 2.75) is 45.4 Å². The van der Waals surface area contributed by atoms with Crippen molar-refractivity contribution in [1.82, 2.24) is 5.53 Å². The first-order valence-electron chi connectivity index (χ1n) is 5.67. The number of quaternary nitrogens is 1. The molecule has 0 aromatic rings. The van der Waals surface area contributed by atoms with Crippen LogP contribution in [0.15, 0.2) is 0 Å². The normalized spacial score (nSPS) is 20.8. The number of nitrogens with zero attached hydrogens (tertiary/aromatic N) is 1. The molecule has 1 heterocycles. The summed E-state index contributed by atoms with van der Waals surface area (Å²) < 4.78 is 0.962. The first-order chi connectivity index (χ1) is 6.33. The molecular formula is C10H24N3+. The van der Waals surface area contributed by atoms with Crippen molar-refractivity contribution in [3.63, 3.8) is 0 Å². The molecule has 0 spiro atoms. The molecular weight excluding hydrogens is 162 g/mol. The fourth-order valence-electron chi connectivity index (χ4n) is 2.20. The fraction of sp³-hybridized carbons (Fsp3) is 1.00. The Balaban J connectivity index is 2.16. The highest BCUT2D eigenvalue weighted by molar-refractivity contribution is 4.51. The topological polar surface area (TPSA) is 38.0 Å². The van der Waals surface area contributed by atoms with Crippen molar-refractivity contribution in [3.8, 4) is 0 Å². The van der Waals surface area contributed by atoms with E-state index in [1.54, 1.807) is 0 Å². The summed E-state index contributed by atoms with van der Waals surface area (Å²) in [5.41, 5.74) is 2.99. The van der Waals surface area contributed by atoms with Gasteiger partial charge in [-0.15, -0.1) is 5.53 Å². The molecule has 0 bridgehead atoms. The maximum absolute atomic E-state index is 5.61. The van der Waals surface area contributed by atoms with Gasteiger partial charge in [0, 0.05) is 12.8 Å². The molecule has 0 radical (unpaired) electrons.